The quantitative estimate of drug-likeness (QED) is 0.890. The van der Waals surface area contributed by atoms with Gasteiger partial charge in [-0.2, -0.15) is 0 Å². The van der Waals surface area contributed by atoms with Crippen molar-refractivity contribution in [2.75, 3.05) is 18.0 Å². The Morgan fingerprint density at radius 2 is 2.11 bits per heavy atom. The molecule has 1 aromatic rings. The number of anilines is 1. The summed E-state index contributed by atoms with van der Waals surface area (Å²) in [7, 11) is 0. The van der Waals surface area contributed by atoms with Gasteiger partial charge in [-0.05, 0) is 48.9 Å². The number of aromatic carboxylic acids is 1. The first kappa shape index (κ1) is 11.6. The molecule has 0 unspecified atom stereocenters. The van der Waals surface area contributed by atoms with Crippen molar-refractivity contribution in [1.29, 1.82) is 0 Å². The van der Waals surface area contributed by atoms with Gasteiger partial charge in [-0.15, -0.1) is 0 Å². The number of carbonyl (C=O) groups is 1. The smallest absolute Gasteiger partial charge is 0.335 e. The van der Waals surface area contributed by atoms with Crippen LogP contribution in [0.3, 0.4) is 0 Å². The molecule has 0 atom stereocenters. The van der Waals surface area contributed by atoms with E-state index in [-0.39, 0.29) is 0 Å². The molecule has 1 saturated carbocycles. The average molecular weight is 245 g/mol. The highest BCUT2D eigenvalue weighted by molar-refractivity contribution is 5.88. The van der Waals surface area contributed by atoms with E-state index in [1.54, 1.807) is 6.07 Å². The standard InChI is InChI=1S/C15H19NO2/c17-15(18)13-5-6-14-12(9-13)7-8-16(14)10-11-3-1-2-4-11/h5-6,9,11H,1-4,7-8,10H2,(H,17,18). The molecule has 96 valence electrons. The van der Waals surface area contributed by atoms with Crippen LogP contribution < -0.4 is 4.90 Å². The molecule has 3 heteroatoms. The maximum atomic E-state index is 10.9. The van der Waals surface area contributed by atoms with E-state index in [2.05, 4.69) is 4.90 Å². The molecule has 1 heterocycles. The highest BCUT2D eigenvalue weighted by atomic mass is 16.4. The van der Waals surface area contributed by atoms with Gasteiger partial charge in [0.15, 0.2) is 0 Å². The monoisotopic (exact) mass is 245 g/mol. The first-order valence-electron chi connectivity index (χ1n) is 6.85. The lowest BCUT2D eigenvalue weighted by Gasteiger charge is -2.23. The van der Waals surface area contributed by atoms with Crippen molar-refractivity contribution in [2.24, 2.45) is 5.92 Å². The number of benzene rings is 1. The van der Waals surface area contributed by atoms with Crippen LogP contribution in [-0.4, -0.2) is 24.2 Å². The second-order valence-corrected chi connectivity index (χ2v) is 5.50. The minimum atomic E-state index is -0.827. The summed E-state index contributed by atoms with van der Waals surface area (Å²) >= 11 is 0. The van der Waals surface area contributed by atoms with Crippen LogP contribution in [0.25, 0.3) is 0 Å². The molecular weight excluding hydrogens is 226 g/mol. The lowest BCUT2D eigenvalue weighted by atomic mass is 10.1. The number of carboxylic acid groups (broad SMARTS) is 1. The zero-order valence-corrected chi connectivity index (χ0v) is 10.6. The van der Waals surface area contributed by atoms with Crippen LogP contribution in [0.15, 0.2) is 18.2 Å². The molecule has 1 fully saturated rings. The zero-order valence-electron chi connectivity index (χ0n) is 10.6. The van der Waals surface area contributed by atoms with Gasteiger partial charge in [0, 0.05) is 18.8 Å². The molecule has 0 amide bonds. The Labute approximate surface area is 107 Å². The van der Waals surface area contributed by atoms with Crippen LogP contribution in [0.4, 0.5) is 5.69 Å². The van der Waals surface area contributed by atoms with Crippen LogP contribution in [0.5, 0.6) is 0 Å². The van der Waals surface area contributed by atoms with E-state index in [1.807, 2.05) is 12.1 Å². The van der Waals surface area contributed by atoms with Crippen molar-refractivity contribution < 1.29 is 9.90 Å². The van der Waals surface area contributed by atoms with Crippen LogP contribution >= 0.6 is 0 Å². The molecule has 3 nitrogen and oxygen atoms in total. The molecule has 0 saturated heterocycles. The molecule has 1 N–H and O–H groups in total. The Morgan fingerprint density at radius 3 is 2.83 bits per heavy atom. The third-order valence-electron chi connectivity index (χ3n) is 4.27. The Bertz CT molecular complexity index is 464. The van der Waals surface area contributed by atoms with E-state index in [0.717, 1.165) is 25.4 Å². The fourth-order valence-corrected chi connectivity index (χ4v) is 3.30. The summed E-state index contributed by atoms with van der Waals surface area (Å²) in [6.45, 7) is 2.20. The Kier molecular flexibility index (Phi) is 2.98. The summed E-state index contributed by atoms with van der Waals surface area (Å²) in [5.74, 6) is 0.0159. The molecule has 1 aliphatic heterocycles. The van der Waals surface area contributed by atoms with E-state index in [0.29, 0.717) is 5.56 Å². The highest BCUT2D eigenvalue weighted by Crippen LogP contribution is 2.33. The van der Waals surface area contributed by atoms with Crippen molar-refractivity contribution >= 4 is 11.7 Å². The van der Waals surface area contributed by atoms with Gasteiger partial charge in [-0.1, -0.05) is 12.8 Å². The van der Waals surface area contributed by atoms with Crippen LogP contribution in [0.2, 0.25) is 0 Å². The van der Waals surface area contributed by atoms with Gasteiger partial charge in [0.25, 0.3) is 0 Å². The molecule has 3 rings (SSSR count). The van der Waals surface area contributed by atoms with Gasteiger partial charge >= 0.3 is 5.97 Å². The minimum absolute atomic E-state index is 0.413. The number of nitrogens with zero attached hydrogens (tertiary/aromatic N) is 1. The number of fused-ring (bicyclic) bond motifs is 1. The second kappa shape index (κ2) is 4.63. The van der Waals surface area contributed by atoms with E-state index in [1.165, 1.54) is 36.9 Å². The van der Waals surface area contributed by atoms with E-state index in [4.69, 9.17) is 5.11 Å². The topological polar surface area (TPSA) is 40.5 Å². The largest absolute Gasteiger partial charge is 0.478 e. The van der Waals surface area contributed by atoms with Crippen molar-refractivity contribution in [1.82, 2.24) is 0 Å². The van der Waals surface area contributed by atoms with Gasteiger partial charge in [0.2, 0.25) is 0 Å². The maximum absolute atomic E-state index is 10.9. The van der Waals surface area contributed by atoms with Crippen molar-refractivity contribution in [3.8, 4) is 0 Å². The van der Waals surface area contributed by atoms with Crippen molar-refractivity contribution in [3.63, 3.8) is 0 Å². The SMILES string of the molecule is O=C(O)c1ccc2c(c1)CCN2CC1CCCC1. The van der Waals surface area contributed by atoms with Gasteiger partial charge in [0.1, 0.15) is 0 Å². The van der Waals surface area contributed by atoms with Gasteiger partial charge in [-0.3, -0.25) is 0 Å². The Hall–Kier alpha value is -1.51. The molecule has 0 bridgehead atoms. The summed E-state index contributed by atoms with van der Waals surface area (Å²) < 4.78 is 0. The zero-order chi connectivity index (χ0) is 12.5. The third-order valence-corrected chi connectivity index (χ3v) is 4.27. The number of hydrogen-bond acceptors (Lipinski definition) is 2. The van der Waals surface area contributed by atoms with Gasteiger partial charge in [-0.25, -0.2) is 4.79 Å². The molecule has 1 aromatic carbocycles. The highest BCUT2D eigenvalue weighted by Gasteiger charge is 2.24. The molecule has 2 aliphatic rings. The van der Waals surface area contributed by atoms with Crippen LogP contribution in [-0.2, 0) is 6.42 Å². The number of hydrogen-bond donors (Lipinski definition) is 1. The summed E-state index contributed by atoms with van der Waals surface area (Å²) in [5.41, 5.74) is 2.87. The fraction of sp³-hybridized carbons (Fsp3) is 0.533. The van der Waals surface area contributed by atoms with Crippen molar-refractivity contribution in [2.45, 2.75) is 32.1 Å². The van der Waals surface area contributed by atoms with Crippen molar-refractivity contribution in [3.05, 3.63) is 29.3 Å². The molecule has 0 spiro atoms. The third kappa shape index (κ3) is 2.09. The second-order valence-electron chi connectivity index (χ2n) is 5.50. The summed E-state index contributed by atoms with van der Waals surface area (Å²) in [6.07, 6.45) is 6.47. The Balaban J connectivity index is 1.77. The minimum Gasteiger partial charge on any atom is -0.478 e. The summed E-state index contributed by atoms with van der Waals surface area (Å²) in [5, 5.41) is 9.00. The van der Waals surface area contributed by atoms with E-state index >= 15 is 0 Å². The molecule has 1 aliphatic carbocycles. The van der Waals surface area contributed by atoms with Gasteiger partial charge in [0.05, 0.1) is 5.56 Å². The lowest BCUT2D eigenvalue weighted by molar-refractivity contribution is 0.0697. The average Bonchev–Trinajstić information content (AvgIpc) is 2.99. The number of rotatable bonds is 3. The first-order valence-corrected chi connectivity index (χ1v) is 6.85. The Morgan fingerprint density at radius 1 is 1.33 bits per heavy atom. The molecule has 0 aromatic heterocycles. The van der Waals surface area contributed by atoms with Crippen LogP contribution in [0.1, 0.15) is 41.6 Å². The lowest BCUT2D eigenvalue weighted by Crippen LogP contribution is -2.26. The van der Waals surface area contributed by atoms with Crippen LogP contribution in [0, 0.1) is 5.92 Å². The summed E-state index contributed by atoms with van der Waals surface area (Å²) in [4.78, 5) is 13.4. The first-order chi connectivity index (χ1) is 8.74. The molecule has 18 heavy (non-hydrogen) atoms. The number of carboxylic acids is 1. The molecular formula is C15H19NO2. The fourth-order valence-electron chi connectivity index (χ4n) is 3.30. The van der Waals surface area contributed by atoms with Gasteiger partial charge < -0.3 is 10.0 Å². The van der Waals surface area contributed by atoms with E-state index in [9.17, 15) is 4.79 Å². The molecule has 0 radical (unpaired) electrons. The predicted molar refractivity (Wildman–Crippen MR) is 71.3 cm³/mol. The maximum Gasteiger partial charge on any atom is 0.335 e. The predicted octanol–water partition coefficient (Wildman–Crippen LogP) is 2.94. The normalized spacial score (nSPS) is 19.2. The summed E-state index contributed by atoms with van der Waals surface area (Å²) in [6, 6.07) is 5.56. The van der Waals surface area contributed by atoms with E-state index < -0.39 is 5.97 Å².